The summed E-state index contributed by atoms with van der Waals surface area (Å²) in [6.45, 7) is 19.3. The molecule has 2 aromatic carbocycles. The SMILES string of the molecule is CC(=O)CC1CCN(C(=O)OC(C)(C)C)CC1(F)F.CC(=O)CC1CCN(Cc2ccc3cncc(Br)c3c2)CC1(F)F.CC(=O)CC1CCNCC1(F)F.CC(C)(C)OC(=O)N1CCC(CCc2ccccc2)C(F)(F)C1.CC(C)(C)OC(=O)N1CCC(N)C(F)(F)C1. The number of carbonyl (C=O) groups is 6. The molecule has 0 spiro atoms. The van der Waals surface area contributed by atoms with Crippen LogP contribution < -0.4 is 11.1 Å². The van der Waals surface area contributed by atoms with E-state index in [0.717, 1.165) is 41.1 Å². The van der Waals surface area contributed by atoms with E-state index >= 15 is 0 Å². The van der Waals surface area contributed by atoms with E-state index in [9.17, 15) is 72.7 Å². The number of nitrogens with zero attached hydrogens (tertiary/aromatic N) is 5. The van der Waals surface area contributed by atoms with Crippen LogP contribution in [-0.2, 0) is 41.6 Å². The van der Waals surface area contributed by atoms with Gasteiger partial charge in [-0.1, -0.05) is 42.5 Å². The lowest BCUT2D eigenvalue weighted by Gasteiger charge is -2.38. The summed E-state index contributed by atoms with van der Waals surface area (Å²) in [5, 5.41) is 4.66. The van der Waals surface area contributed by atoms with Crippen molar-refractivity contribution in [2.45, 2.75) is 206 Å². The highest BCUT2D eigenvalue weighted by molar-refractivity contribution is 9.10. The summed E-state index contributed by atoms with van der Waals surface area (Å²) >= 11 is 3.48. The van der Waals surface area contributed by atoms with Gasteiger partial charge in [0.05, 0.1) is 38.8 Å². The van der Waals surface area contributed by atoms with Crippen molar-refractivity contribution in [2.24, 2.45) is 29.4 Å². The van der Waals surface area contributed by atoms with Gasteiger partial charge in [-0.3, -0.25) is 9.88 Å². The average molecular weight is 1410 g/mol. The van der Waals surface area contributed by atoms with Crippen LogP contribution in [0.3, 0.4) is 0 Å². The van der Waals surface area contributed by atoms with Gasteiger partial charge in [-0.05, 0) is 180 Å². The van der Waals surface area contributed by atoms with Gasteiger partial charge in [0.25, 0.3) is 29.6 Å². The molecular weight excluding hydrogens is 1320 g/mol. The molecule has 5 fully saturated rings. The number of amides is 3. The van der Waals surface area contributed by atoms with Gasteiger partial charge in [-0.25, -0.2) is 58.3 Å². The maximum absolute atomic E-state index is 14.4. The second-order valence-corrected chi connectivity index (χ2v) is 29.0. The average Bonchev–Trinajstić information content (AvgIpc) is 0.864. The molecule has 530 valence electrons. The summed E-state index contributed by atoms with van der Waals surface area (Å²) in [6, 6.07) is 14.4. The van der Waals surface area contributed by atoms with Crippen LogP contribution in [0.4, 0.5) is 58.3 Å². The van der Waals surface area contributed by atoms with E-state index in [-0.39, 0.29) is 75.6 Å². The fraction of sp³-hybridized carbons (Fsp3) is 0.687. The Hall–Kier alpha value is -5.67. The summed E-state index contributed by atoms with van der Waals surface area (Å²) in [6.07, 6.45) is 3.58. The third-order valence-corrected chi connectivity index (χ3v) is 16.6. The van der Waals surface area contributed by atoms with Crippen molar-refractivity contribution in [2.75, 3.05) is 65.4 Å². The maximum Gasteiger partial charge on any atom is 0.410 e. The number of hydrogen-bond acceptors (Lipinski definition) is 13. The number of nitrogens with two attached hydrogens (primary N) is 1. The summed E-state index contributed by atoms with van der Waals surface area (Å²) in [5.74, 6) is -18.3. The molecule has 0 bridgehead atoms. The largest absolute Gasteiger partial charge is 0.444 e. The molecule has 5 aliphatic rings. The van der Waals surface area contributed by atoms with Crippen molar-refractivity contribution in [3.63, 3.8) is 0 Å². The fourth-order valence-corrected chi connectivity index (χ4v) is 11.6. The van der Waals surface area contributed by atoms with Gasteiger partial charge >= 0.3 is 18.3 Å². The molecule has 27 heteroatoms. The Labute approximate surface area is 554 Å². The van der Waals surface area contributed by atoms with E-state index in [1.807, 2.05) is 48.5 Å². The number of halogens is 11. The molecule has 3 aromatic rings. The first-order valence-corrected chi connectivity index (χ1v) is 32.5. The van der Waals surface area contributed by atoms with Crippen molar-refractivity contribution in [3.8, 4) is 0 Å². The molecule has 1 aromatic heterocycles. The van der Waals surface area contributed by atoms with E-state index in [4.69, 9.17) is 19.9 Å². The molecule has 5 unspecified atom stereocenters. The molecule has 8 rings (SSSR count). The summed E-state index contributed by atoms with van der Waals surface area (Å²) < 4.78 is 154. The third kappa shape index (κ3) is 27.4. The first-order valence-electron chi connectivity index (χ1n) is 31.7. The predicted octanol–water partition coefficient (Wildman–Crippen LogP) is 14.6. The van der Waals surface area contributed by atoms with Crippen LogP contribution in [0, 0.1) is 23.7 Å². The van der Waals surface area contributed by atoms with Crippen molar-refractivity contribution in [1.82, 2.24) is 29.9 Å². The molecular formula is C67H96BrF10N7O9. The van der Waals surface area contributed by atoms with Gasteiger partial charge in [-0.15, -0.1) is 0 Å². The summed E-state index contributed by atoms with van der Waals surface area (Å²) in [4.78, 5) is 77.1. The van der Waals surface area contributed by atoms with Crippen LogP contribution in [0.1, 0.15) is 152 Å². The monoisotopic (exact) mass is 1410 g/mol. The number of benzene rings is 2. The predicted molar refractivity (Wildman–Crippen MR) is 341 cm³/mol. The normalized spacial score (nSPS) is 23.1. The van der Waals surface area contributed by atoms with Crippen molar-refractivity contribution in [1.29, 1.82) is 0 Å². The van der Waals surface area contributed by atoms with Gasteiger partial charge in [0.15, 0.2) is 0 Å². The molecule has 0 saturated carbocycles. The van der Waals surface area contributed by atoms with Gasteiger partial charge < -0.3 is 54.3 Å². The standard InChI is InChI=1S/C18H19BrF2N2O.C18H25F2NO2.C13H21F2NO3.C10H18F2N2O2.C8H13F2NO/c1-12(24)6-15-4-5-23(11-18(15,20)21)10-13-2-3-14-8-22-9-17(19)16(14)7-13;1-17(2,3)23-16(22)21-12-11-15(18(19,20)13-21)10-9-14-7-5-4-6-8-14;1-9(17)7-10-5-6-16(8-13(10,14)15)11(18)19-12(2,3)4;1-9(2,3)16-8(15)14-5-4-7(13)10(11,12)6-14;1-6(12)4-7-2-3-11-5-8(7,9)10/h2-3,7-9,15H,4-6,10-11H2,1H3;4-8,15H,9-13H2,1-3H3;10H,5-8H2,1-4H3;7H,4-6,13H2,1-3H3;7,11H,2-5H2,1H3. The highest BCUT2D eigenvalue weighted by atomic mass is 79.9. The molecule has 5 atom stereocenters. The lowest BCUT2D eigenvalue weighted by molar-refractivity contribution is -0.134. The number of aromatic nitrogens is 1. The minimum atomic E-state index is -3.04. The summed E-state index contributed by atoms with van der Waals surface area (Å²) in [7, 11) is 0. The maximum atomic E-state index is 14.4. The van der Waals surface area contributed by atoms with E-state index < -0.39 is 114 Å². The van der Waals surface area contributed by atoms with E-state index in [2.05, 4.69) is 26.2 Å². The Kier molecular flexibility index (Phi) is 29.2. The van der Waals surface area contributed by atoms with Crippen LogP contribution in [0.15, 0.2) is 65.4 Å². The molecule has 0 aliphatic carbocycles. The van der Waals surface area contributed by atoms with Crippen LogP contribution in [0.2, 0.25) is 0 Å². The summed E-state index contributed by atoms with van der Waals surface area (Å²) in [5.41, 5.74) is 5.29. The fourth-order valence-electron chi connectivity index (χ4n) is 11.1. The zero-order valence-electron chi connectivity index (χ0n) is 56.2. The topological polar surface area (TPSA) is 194 Å². The number of rotatable bonds is 11. The lowest BCUT2D eigenvalue weighted by atomic mass is 9.87. The van der Waals surface area contributed by atoms with Crippen LogP contribution in [-0.4, -0.2) is 178 Å². The number of hydrogen-bond donors (Lipinski definition) is 2. The highest BCUT2D eigenvalue weighted by Gasteiger charge is 2.49. The van der Waals surface area contributed by atoms with Gasteiger partial charge in [-0.2, -0.15) is 0 Å². The second-order valence-electron chi connectivity index (χ2n) is 28.2. The Balaban J connectivity index is 0.000000255. The zero-order valence-corrected chi connectivity index (χ0v) is 57.7. The number of ether oxygens (including phenoxy) is 3. The minimum absolute atomic E-state index is 0.00861. The Morgan fingerprint density at radius 3 is 1.39 bits per heavy atom. The molecule has 5 saturated heterocycles. The van der Waals surface area contributed by atoms with Gasteiger partial charge in [0.1, 0.15) is 34.2 Å². The molecule has 5 aliphatic heterocycles. The number of ketones is 3. The molecule has 6 heterocycles. The number of nitrogens with one attached hydrogen (secondary N) is 1. The molecule has 16 nitrogen and oxygen atoms in total. The van der Waals surface area contributed by atoms with Crippen LogP contribution in [0.25, 0.3) is 10.8 Å². The Bertz CT molecular complexity index is 2980. The van der Waals surface area contributed by atoms with Crippen molar-refractivity contribution >= 4 is 62.3 Å². The number of alkyl halides is 10. The van der Waals surface area contributed by atoms with E-state index in [1.165, 1.54) is 20.8 Å². The van der Waals surface area contributed by atoms with Gasteiger partial charge in [0.2, 0.25) is 0 Å². The number of carbonyl (C=O) groups excluding carboxylic acids is 6. The molecule has 0 radical (unpaired) electrons. The molecule has 94 heavy (non-hydrogen) atoms. The van der Waals surface area contributed by atoms with Crippen LogP contribution in [0.5, 0.6) is 0 Å². The Morgan fingerprint density at radius 1 is 0.543 bits per heavy atom. The first kappa shape index (κ1) is 80.8. The first-order chi connectivity index (χ1) is 43.2. The van der Waals surface area contributed by atoms with Crippen LogP contribution >= 0.6 is 15.9 Å². The number of fused-ring (bicyclic) bond motifs is 1. The van der Waals surface area contributed by atoms with Gasteiger partial charge in [0, 0.05) is 91.4 Å². The quantitative estimate of drug-likeness (QED) is 0.136. The highest BCUT2D eigenvalue weighted by Crippen LogP contribution is 2.40. The Morgan fingerprint density at radius 2 is 0.968 bits per heavy atom. The number of Topliss-reactive ketones (excluding diaryl/α,β-unsaturated/α-hetero) is 3. The van der Waals surface area contributed by atoms with E-state index in [0.29, 0.717) is 58.3 Å². The van der Waals surface area contributed by atoms with E-state index in [1.54, 1.807) is 79.6 Å². The number of piperidine rings is 5. The smallest absolute Gasteiger partial charge is 0.410 e. The number of pyridine rings is 1. The van der Waals surface area contributed by atoms with Crippen molar-refractivity contribution < 1.29 is 86.9 Å². The third-order valence-electron chi connectivity index (χ3n) is 16.0. The minimum Gasteiger partial charge on any atom is -0.444 e. The number of aryl methyl sites for hydroxylation is 1. The lowest BCUT2D eigenvalue weighted by Crippen LogP contribution is -2.57. The second kappa shape index (κ2) is 34.0. The zero-order chi connectivity index (χ0) is 71.0. The number of likely N-dealkylation sites (tertiary alicyclic amines) is 4. The molecule has 3 amide bonds. The molecule has 3 N–H and O–H groups in total. The van der Waals surface area contributed by atoms with Crippen molar-refractivity contribution in [3.05, 3.63) is 76.5 Å².